The summed E-state index contributed by atoms with van der Waals surface area (Å²) in [7, 11) is 4.68. The Morgan fingerprint density at radius 2 is 1.59 bits per heavy atom. The molecule has 3 aromatic rings. The molecule has 0 bridgehead atoms. The second-order valence-electron chi connectivity index (χ2n) is 6.14. The van der Waals surface area contributed by atoms with Crippen molar-refractivity contribution in [3.05, 3.63) is 60.0 Å². The van der Waals surface area contributed by atoms with Crippen LogP contribution < -0.4 is 24.8 Å². The molecular weight excluding hydrogens is 372 g/mol. The molecule has 0 unspecified atom stereocenters. The highest BCUT2D eigenvalue weighted by Crippen LogP contribution is 2.30. The van der Waals surface area contributed by atoms with Crippen molar-refractivity contribution in [3.8, 4) is 17.2 Å². The van der Waals surface area contributed by atoms with Crippen molar-refractivity contribution in [1.82, 2.24) is 9.97 Å². The lowest BCUT2D eigenvalue weighted by Gasteiger charge is -2.12. The normalized spacial score (nSPS) is 10.2. The molecule has 0 aliphatic rings. The van der Waals surface area contributed by atoms with Gasteiger partial charge in [0.05, 0.1) is 39.4 Å². The van der Waals surface area contributed by atoms with Gasteiger partial charge >= 0.3 is 0 Å². The summed E-state index contributed by atoms with van der Waals surface area (Å²) in [4.78, 5) is 20.9. The molecule has 8 nitrogen and oxygen atoms in total. The van der Waals surface area contributed by atoms with Crippen molar-refractivity contribution in [2.24, 2.45) is 0 Å². The standard InChI is InChI=1S/C21H22N4O4/c1-13-5-7-17(27-2)15(9-13)25-20-12-22-16(11-23-20)21(26)24-14-6-8-18(28-3)19(10-14)29-4/h5-12H,1-4H3,(H,23,25)(H,24,26). The number of hydrogen-bond donors (Lipinski definition) is 2. The third-order valence-corrected chi connectivity index (χ3v) is 4.14. The number of nitrogens with one attached hydrogen (secondary N) is 2. The van der Waals surface area contributed by atoms with Crippen molar-refractivity contribution in [2.75, 3.05) is 32.0 Å². The summed E-state index contributed by atoms with van der Waals surface area (Å²) in [6.45, 7) is 1.98. The largest absolute Gasteiger partial charge is 0.495 e. The number of ether oxygens (including phenoxy) is 3. The maximum atomic E-state index is 12.5. The minimum absolute atomic E-state index is 0.182. The summed E-state index contributed by atoms with van der Waals surface area (Å²) in [5.74, 6) is 1.89. The maximum Gasteiger partial charge on any atom is 0.275 e. The Bertz CT molecular complexity index is 1010. The van der Waals surface area contributed by atoms with Gasteiger partial charge in [-0.05, 0) is 36.8 Å². The molecule has 1 aromatic heterocycles. The second-order valence-corrected chi connectivity index (χ2v) is 6.14. The van der Waals surface area contributed by atoms with E-state index in [-0.39, 0.29) is 11.6 Å². The number of methoxy groups -OCH3 is 3. The molecule has 150 valence electrons. The first-order valence-corrected chi connectivity index (χ1v) is 8.81. The number of nitrogens with zero attached hydrogens (tertiary/aromatic N) is 2. The molecular formula is C21H22N4O4. The number of amides is 1. The number of carbonyl (C=O) groups is 1. The summed E-state index contributed by atoms with van der Waals surface area (Å²) < 4.78 is 15.8. The molecule has 0 fully saturated rings. The zero-order valence-corrected chi connectivity index (χ0v) is 16.6. The predicted octanol–water partition coefficient (Wildman–Crippen LogP) is 3.81. The summed E-state index contributed by atoms with van der Waals surface area (Å²) >= 11 is 0. The first-order valence-electron chi connectivity index (χ1n) is 8.81. The number of aryl methyl sites for hydroxylation is 1. The lowest BCUT2D eigenvalue weighted by Crippen LogP contribution is -2.14. The van der Waals surface area contributed by atoms with Gasteiger partial charge in [0.2, 0.25) is 0 Å². The van der Waals surface area contributed by atoms with Crippen LogP contribution >= 0.6 is 0 Å². The molecule has 0 aliphatic heterocycles. The molecule has 2 N–H and O–H groups in total. The van der Waals surface area contributed by atoms with Gasteiger partial charge in [0.1, 0.15) is 17.3 Å². The van der Waals surface area contributed by atoms with Gasteiger partial charge in [-0.15, -0.1) is 0 Å². The number of anilines is 3. The Morgan fingerprint density at radius 1 is 0.862 bits per heavy atom. The van der Waals surface area contributed by atoms with Crippen molar-refractivity contribution < 1.29 is 19.0 Å². The van der Waals surface area contributed by atoms with E-state index in [1.165, 1.54) is 19.5 Å². The van der Waals surface area contributed by atoms with Crippen LogP contribution in [0.4, 0.5) is 17.2 Å². The molecule has 0 radical (unpaired) electrons. The highest BCUT2D eigenvalue weighted by molar-refractivity contribution is 6.02. The van der Waals surface area contributed by atoms with E-state index in [0.717, 1.165) is 11.3 Å². The first-order chi connectivity index (χ1) is 14.0. The van der Waals surface area contributed by atoms with E-state index in [1.807, 2.05) is 25.1 Å². The third-order valence-electron chi connectivity index (χ3n) is 4.14. The Morgan fingerprint density at radius 3 is 2.24 bits per heavy atom. The van der Waals surface area contributed by atoms with E-state index >= 15 is 0 Å². The van der Waals surface area contributed by atoms with Crippen LogP contribution in [0.25, 0.3) is 0 Å². The van der Waals surface area contributed by atoms with E-state index < -0.39 is 0 Å². The van der Waals surface area contributed by atoms with E-state index in [1.54, 1.807) is 32.4 Å². The van der Waals surface area contributed by atoms with Gasteiger partial charge in [-0.3, -0.25) is 4.79 Å². The Labute approximate surface area is 168 Å². The van der Waals surface area contributed by atoms with Crippen molar-refractivity contribution in [3.63, 3.8) is 0 Å². The van der Waals surface area contributed by atoms with Gasteiger partial charge in [0.15, 0.2) is 11.5 Å². The van der Waals surface area contributed by atoms with Crippen LogP contribution in [0.3, 0.4) is 0 Å². The highest BCUT2D eigenvalue weighted by Gasteiger charge is 2.12. The molecule has 8 heteroatoms. The topological polar surface area (TPSA) is 94.6 Å². The SMILES string of the molecule is COc1ccc(C)cc1Nc1cnc(C(=O)Nc2ccc(OC)c(OC)c2)cn1. The Hall–Kier alpha value is -3.81. The van der Waals surface area contributed by atoms with Crippen molar-refractivity contribution in [2.45, 2.75) is 6.92 Å². The van der Waals surface area contributed by atoms with E-state index in [4.69, 9.17) is 14.2 Å². The molecule has 0 saturated carbocycles. The molecule has 0 aliphatic carbocycles. The van der Waals surface area contributed by atoms with Gasteiger partial charge in [-0.1, -0.05) is 6.07 Å². The molecule has 0 spiro atoms. The van der Waals surface area contributed by atoms with Crippen LogP contribution in [0.15, 0.2) is 48.8 Å². The van der Waals surface area contributed by atoms with Crippen LogP contribution in [0.5, 0.6) is 17.2 Å². The summed E-state index contributed by atoms with van der Waals surface area (Å²) in [6, 6.07) is 10.9. The molecule has 3 rings (SSSR count). The minimum atomic E-state index is -0.385. The van der Waals surface area contributed by atoms with E-state index in [0.29, 0.717) is 28.8 Å². The smallest absolute Gasteiger partial charge is 0.275 e. The molecule has 0 saturated heterocycles. The van der Waals surface area contributed by atoms with E-state index in [9.17, 15) is 4.79 Å². The summed E-state index contributed by atoms with van der Waals surface area (Å²) in [6.07, 6.45) is 2.89. The van der Waals surface area contributed by atoms with Crippen LogP contribution in [0, 0.1) is 6.92 Å². The number of aromatic nitrogens is 2. The Kier molecular flexibility index (Phi) is 6.13. The number of benzene rings is 2. The lowest BCUT2D eigenvalue weighted by atomic mass is 10.2. The van der Waals surface area contributed by atoms with Gasteiger partial charge < -0.3 is 24.8 Å². The molecule has 1 amide bonds. The quantitative estimate of drug-likeness (QED) is 0.629. The molecule has 2 aromatic carbocycles. The van der Waals surface area contributed by atoms with E-state index in [2.05, 4.69) is 20.6 Å². The first kappa shape index (κ1) is 19.9. The summed E-state index contributed by atoms with van der Waals surface area (Å²) in [5.41, 5.74) is 2.58. The highest BCUT2D eigenvalue weighted by atomic mass is 16.5. The molecule has 0 atom stereocenters. The number of hydrogen-bond acceptors (Lipinski definition) is 7. The van der Waals surface area contributed by atoms with Crippen molar-refractivity contribution in [1.29, 1.82) is 0 Å². The zero-order valence-electron chi connectivity index (χ0n) is 16.6. The average Bonchev–Trinajstić information content (AvgIpc) is 2.74. The lowest BCUT2D eigenvalue weighted by molar-refractivity contribution is 0.102. The van der Waals surface area contributed by atoms with Gasteiger partial charge in [-0.2, -0.15) is 0 Å². The van der Waals surface area contributed by atoms with Gasteiger partial charge in [-0.25, -0.2) is 9.97 Å². The Balaban J connectivity index is 1.72. The van der Waals surface area contributed by atoms with Crippen LogP contribution in [0.2, 0.25) is 0 Å². The fourth-order valence-electron chi connectivity index (χ4n) is 2.68. The predicted molar refractivity (Wildman–Crippen MR) is 111 cm³/mol. The second kappa shape index (κ2) is 8.92. The maximum absolute atomic E-state index is 12.5. The molecule has 1 heterocycles. The zero-order chi connectivity index (χ0) is 20.8. The van der Waals surface area contributed by atoms with Gasteiger partial charge in [0, 0.05) is 11.8 Å². The third kappa shape index (κ3) is 4.73. The van der Waals surface area contributed by atoms with Crippen LogP contribution in [-0.4, -0.2) is 37.2 Å². The fourth-order valence-corrected chi connectivity index (χ4v) is 2.68. The molecule has 29 heavy (non-hydrogen) atoms. The summed E-state index contributed by atoms with van der Waals surface area (Å²) in [5, 5.41) is 5.91. The van der Waals surface area contributed by atoms with Gasteiger partial charge in [0.25, 0.3) is 5.91 Å². The van der Waals surface area contributed by atoms with Crippen LogP contribution in [0.1, 0.15) is 16.1 Å². The monoisotopic (exact) mass is 394 g/mol. The number of rotatable bonds is 7. The average molecular weight is 394 g/mol. The number of carbonyl (C=O) groups excluding carboxylic acids is 1. The fraction of sp³-hybridized carbons (Fsp3) is 0.190. The van der Waals surface area contributed by atoms with Crippen molar-refractivity contribution >= 4 is 23.1 Å². The minimum Gasteiger partial charge on any atom is -0.495 e. The van der Waals surface area contributed by atoms with Crippen LogP contribution in [-0.2, 0) is 0 Å².